The van der Waals surface area contributed by atoms with Crippen molar-refractivity contribution < 1.29 is 9.21 Å². The lowest BCUT2D eigenvalue weighted by Crippen LogP contribution is -2.15. The minimum Gasteiger partial charge on any atom is -0.444 e. The van der Waals surface area contributed by atoms with E-state index in [0.717, 1.165) is 12.2 Å². The highest BCUT2D eigenvalue weighted by Gasteiger charge is 2.14. The molecule has 0 spiro atoms. The number of benzene rings is 1. The van der Waals surface area contributed by atoms with Gasteiger partial charge in [0.15, 0.2) is 0 Å². The summed E-state index contributed by atoms with van der Waals surface area (Å²) in [5, 5.41) is 3.32. The van der Waals surface area contributed by atoms with Crippen LogP contribution in [0.2, 0.25) is 5.02 Å². The molecule has 20 heavy (non-hydrogen) atoms. The molecule has 6 nitrogen and oxygen atoms in total. The Labute approximate surface area is 121 Å². The van der Waals surface area contributed by atoms with Crippen LogP contribution in [0.15, 0.2) is 22.7 Å². The molecule has 0 aliphatic carbocycles. The fourth-order valence-corrected chi connectivity index (χ4v) is 2.05. The van der Waals surface area contributed by atoms with Crippen molar-refractivity contribution in [1.29, 1.82) is 0 Å². The van der Waals surface area contributed by atoms with E-state index in [4.69, 9.17) is 27.5 Å². The molecule has 2 aromatic rings. The molecule has 0 unspecified atom stereocenters. The summed E-state index contributed by atoms with van der Waals surface area (Å²) in [7, 11) is 0. The quantitative estimate of drug-likeness (QED) is 0.733. The summed E-state index contributed by atoms with van der Waals surface area (Å²) < 4.78 is 5.46. The van der Waals surface area contributed by atoms with Gasteiger partial charge < -0.3 is 21.2 Å². The molecule has 1 aromatic heterocycles. The maximum atomic E-state index is 11.4. The lowest BCUT2D eigenvalue weighted by Gasteiger charge is -2.11. The van der Waals surface area contributed by atoms with E-state index in [-0.39, 0.29) is 5.56 Å². The first-order chi connectivity index (χ1) is 9.51. The number of hydrogen-bond acceptors (Lipinski definition) is 5. The summed E-state index contributed by atoms with van der Waals surface area (Å²) in [5.41, 5.74) is 12.0. The number of rotatable bonds is 5. The second-order valence-corrected chi connectivity index (χ2v) is 4.62. The molecule has 1 amide bonds. The van der Waals surface area contributed by atoms with Crippen LogP contribution >= 0.6 is 11.6 Å². The third kappa shape index (κ3) is 3.03. The number of anilines is 2. The summed E-state index contributed by atoms with van der Waals surface area (Å²) in [4.78, 5) is 15.5. The van der Waals surface area contributed by atoms with E-state index in [1.54, 1.807) is 12.3 Å². The van der Waals surface area contributed by atoms with Crippen LogP contribution in [0.4, 0.5) is 11.4 Å². The smallest absolute Gasteiger partial charge is 0.250 e. The zero-order chi connectivity index (χ0) is 14.7. The molecule has 1 aromatic carbocycles. The molecule has 0 saturated carbocycles. The van der Waals surface area contributed by atoms with Crippen LogP contribution in [-0.4, -0.2) is 10.9 Å². The standard InChI is InChI=1S/C13H15ClN4O2/c1-2-8-5-17-11(20-8)6-18-12-9(13(16)19)3-7(15)4-10(12)14/h3-5,18H,2,6,15H2,1H3,(H2,16,19). The first-order valence-electron chi connectivity index (χ1n) is 6.07. The molecule has 0 fully saturated rings. The van der Waals surface area contributed by atoms with E-state index >= 15 is 0 Å². The SMILES string of the molecule is CCc1cnc(CNc2c(Cl)cc(N)cc2C(N)=O)o1. The fraction of sp³-hybridized carbons (Fsp3) is 0.231. The fourth-order valence-electron chi connectivity index (χ4n) is 1.76. The van der Waals surface area contributed by atoms with E-state index < -0.39 is 5.91 Å². The topological polar surface area (TPSA) is 107 Å². The minimum absolute atomic E-state index is 0.234. The normalized spacial score (nSPS) is 10.5. The van der Waals surface area contributed by atoms with E-state index in [1.807, 2.05) is 6.92 Å². The van der Waals surface area contributed by atoms with Crippen LogP contribution < -0.4 is 16.8 Å². The molecule has 2 rings (SSSR count). The summed E-state index contributed by atoms with van der Waals surface area (Å²) in [6.07, 6.45) is 2.43. The van der Waals surface area contributed by atoms with Crippen molar-refractivity contribution in [3.63, 3.8) is 0 Å². The highest BCUT2D eigenvalue weighted by Crippen LogP contribution is 2.29. The first-order valence-corrected chi connectivity index (χ1v) is 6.45. The van der Waals surface area contributed by atoms with Gasteiger partial charge in [0.1, 0.15) is 5.76 Å². The first kappa shape index (κ1) is 14.2. The Bertz CT molecular complexity index is 639. The summed E-state index contributed by atoms with van der Waals surface area (Å²) in [6.45, 7) is 2.27. The number of carbonyl (C=O) groups is 1. The van der Waals surface area contributed by atoms with Gasteiger partial charge in [0.25, 0.3) is 5.91 Å². The average molecular weight is 295 g/mol. The number of aryl methyl sites for hydroxylation is 1. The maximum Gasteiger partial charge on any atom is 0.250 e. The van der Waals surface area contributed by atoms with E-state index in [0.29, 0.717) is 28.8 Å². The van der Waals surface area contributed by atoms with Crippen LogP contribution in [0, 0.1) is 0 Å². The third-order valence-electron chi connectivity index (χ3n) is 2.74. The molecule has 0 atom stereocenters. The monoisotopic (exact) mass is 294 g/mol. The average Bonchev–Trinajstić information content (AvgIpc) is 2.84. The van der Waals surface area contributed by atoms with Crippen LogP contribution in [0.3, 0.4) is 0 Å². The Morgan fingerprint density at radius 1 is 1.50 bits per heavy atom. The lowest BCUT2D eigenvalue weighted by atomic mass is 10.1. The van der Waals surface area contributed by atoms with Crippen molar-refractivity contribution in [2.24, 2.45) is 5.73 Å². The van der Waals surface area contributed by atoms with Crippen molar-refractivity contribution in [2.45, 2.75) is 19.9 Å². The number of nitrogens with zero attached hydrogens (tertiary/aromatic N) is 1. The highest BCUT2D eigenvalue weighted by atomic mass is 35.5. The Morgan fingerprint density at radius 2 is 2.25 bits per heavy atom. The zero-order valence-electron chi connectivity index (χ0n) is 10.9. The van der Waals surface area contributed by atoms with Crippen molar-refractivity contribution in [3.05, 3.63) is 40.6 Å². The number of nitrogen functional groups attached to an aromatic ring is 1. The van der Waals surface area contributed by atoms with Crippen LogP contribution in [-0.2, 0) is 13.0 Å². The van der Waals surface area contributed by atoms with Gasteiger partial charge in [-0.3, -0.25) is 4.79 Å². The van der Waals surface area contributed by atoms with Crippen molar-refractivity contribution >= 4 is 28.9 Å². The molecule has 0 saturated heterocycles. The summed E-state index contributed by atoms with van der Waals surface area (Å²) >= 11 is 6.08. The number of nitrogens with two attached hydrogens (primary N) is 2. The molecule has 0 aliphatic rings. The summed E-state index contributed by atoms with van der Waals surface area (Å²) in [5.74, 6) is 0.689. The van der Waals surface area contributed by atoms with E-state index in [2.05, 4.69) is 10.3 Å². The Kier molecular flexibility index (Phi) is 4.14. The van der Waals surface area contributed by atoms with Gasteiger partial charge >= 0.3 is 0 Å². The van der Waals surface area contributed by atoms with E-state index in [1.165, 1.54) is 6.07 Å². The number of nitrogens with one attached hydrogen (secondary N) is 1. The van der Waals surface area contributed by atoms with Gasteiger partial charge in [0.05, 0.1) is 29.0 Å². The largest absolute Gasteiger partial charge is 0.444 e. The maximum absolute atomic E-state index is 11.4. The van der Waals surface area contributed by atoms with Gasteiger partial charge in [-0.2, -0.15) is 0 Å². The number of primary amides is 1. The molecule has 7 heteroatoms. The van der Waals surface area contributed by atoms with Gasteiger partial charge in [-0.25, -0.2) is 4.98 Å². The number of oxazole rings is 1. The number of amides is 1. The molecule has 5 N–H and O–H groups in total. The second-order valence-electron chi connectivity index (χ2n) is 4.22. The molecular formula is C13H15ClN4O2. The van der Waals surface area contributed by atoms with Gasteiger partial charge in [0, 0.05) is 12.1 Å². The van der Waals surface area contributed by atoms with Gasteiger partial charge in [0.2, 0.25) is 5.89 Å². The minimum atomic E-state index is -0.608. The number of hydrogen-bond donors (Lipinski definition) is 3. The van der Waals surface area contributed by atoms with Gasteiger partial charge in [-0.1, -0.05) is 18.5 Å². The molecule has 1 heterocycles. The number of halogens is 1. The molecule has 0 aliphatic heterocycles. The zero-order valence-corrected chi connectivity index (χ0v) is 11.7. The van der Waals surface area contributed by atoms with E-state index in [9.17, 15) is 4.79 Å². The Balaban J connectivity index is 2.22. The molecule has 0 radical (unpaired) electrons. The van der Waals surface area contributed by atoms with Crippen LogP contribution in [0.25, 0.3) is 0 Å². The molecular weight excluding hydrogens is 280 g/mol. The predicted molar refractivity (Wildman–Crippen MR) is 77.6 cm³/mol. The lowest BCUT2D eigenvalue weighted by molar-refractivity contribution is 0.100. The Morgan fingerprint density at radius 3 is 2.85 bits per heavy atom. The van der Waals surface area contributed by atoms with Crippen molar-refractivity contribution in [3.8, 4) is 0 Å². The van der Waals surface area contributed by atoms with Crippen molar-refractivity contribution in [1.82, 2.24) is 4.98 Å². The molecule has 106 valence electrons. The van der Waals surface area contributed by atoms with Crippen LogP contribution in [0.1, 0.15) is 28.9 Å². The predicted octanol–water partition coefficient (Wildman–Crippen LogP) is 2.18. The van der Waals surface area contributed by atoms with Gasteiger partial charge in [-0.05, 0) is 12.1 Å². The number of aromatic nitrogens is 1. The van der Waals surface area contributed by atoms with Gasteiger partial charge in [-0.15, -0.1) is 0 Å². The molecule has 0 bridgehead atoms. The second kappa shape index (κ2) is 5.83. The summed E-state index contributed by atoms with van der Waals surface area (Å²) in [6, 6.07) is 3.02. The van der Waals surface area contributed by atoms with Crippen molar-refractivity contribution in [2.75, 3.05) is 11.1 Å². The Hall–Kier alpha value is -2.21. The third-order valence-corrected chi connectivity index (χ3v) is 3.04. The highest BCUT2D eigenvalue weighted by molar-refractivity contribution is 6.34. The number of carbonyl (C=O) groups excluding carboxylic acids is 1. The van der Waals surface area contributed by atoms with Crippen LogP contribution in [0.5, 0.6) is 0 Å².